The van der Waals surface area contributed by atoms with E-state index in [1.165, 1.54) is 6.07 Å². The van der Waals surface area contributed by atoms with Crippen molar-refractivity contribution >= 4 is 21.6 Å². The first-order valence-corrected chi connectivity index (χ1v) is 6.87. The van der Waals surface area contributed by atoms with Crippen molar-refractivity contribution in [3.05, 3.63) is 44.5 Å². The number of pyridine rings is 2. The maximum atomic E-state index is 12.2. The number of halogens is 1. The van der Waals surface area contributed by atoms with Gasteiger partial charge in [0.1, 0.15) is 10.4 Å². The van der Waals surface area contributed by atoms with Crippen LogP contribution in [0.3, 0.4) is 0 Å². The van der Waals surface area contributed by atoms with E-state index in [1.807, 2.05) is 27.9 Å². The summed E-state index contributed by atoms with van der Waals surface area (Å²) in [6.45, 7) is 3.70. The van der Waals surface area contributed by atoms with Gasteiger partial charge in [0, 0.05) is 26.4 Å². The number of rotatable bonds is 2. The molecule has 0 spiro atoms. The fourth-order valence-electron chi connectivity index (χ4n) is 2.29. The molecule has 0 aliphatic carbocycles. The van der Waals surface area contributed by atoms with E-state index in [0.717, 1.165) is 11.3 Å². The molecule has 1 N–H and O–H groups in total. The minimum Gasteiger partial charge on any atom is -0.505 e. The van der Waals surface area contributed by atoms with Crippen LogP contribution in [0.25, 0.3) is 5.69 Å². The zero-order valence-electron chi connectivity index (χ0n) is 11.8. The number of hydrogen-bond donors (Lipinski definition) is 1. The van der Waals surface area contributed by atoms with E-state index < -0.39 is 0 Å². The molecule has 2 aromatic heterocycles. The normalized spacial score (nSPS) is 10.7. The molecule has 0 bridgehead atoms. The molecule has 0 saturated heterocycles. The number of aromatic hydroxyl groups is 1. The van der Waals surface area contributed by atoms with Crippen LogP contribution in [0.1, 0.15) is 11.3 Å². The first-order chi connectivity index (χ1) is 9.32. The topological polar surface area (TPSA) is 58.4 Å². The van der Waals surface area contributed by atoms with Crippen LogP contribution in [0.15, 0.2) is 27.7 Å². The molecule has 0 saturated carbocycles. The van der Waals surface area contributed by atoms with Gasteiger partial charge in [0.15, 0.2) is 0 Å². The lowest BCUT2D eigenvalue weighted by Crippen LogP contribution is -2.24. The molecule has 0 unspecified atom stereocenters. The van der Waals surface area contributed by atoms with Gasteiger partial charge in [-0.25, -0.2) is 4.98 Å². The Morgan fingerprint density at radius 2 is 1.95 bits per heavy atom. The highest BCUT2D eigenvalue weighted by Crippen LogP contribution is 2.29. The lowest BCUT2D eigenvalue weighted by molar-refractivity contribution is 0.472. The van der Waals surface area contributed by atoms with Crippen LogP contribution in [0, 0.1) is 13.8 Å². The molecular formula is C14H16BrN3O2. The molecule has 0 amide bonds. The van der Waals surface area contributed by atoms with Gasteiger partial charge < -0.3 is 10.0 Å². The average Bonchev–Trinajstić information content (AvgIpc) is 2.32. The van der Waals surface area contributed by atoms with Crippen molar-refractivity contribution in [3.8, 4) is 11.4 Å². The van der Waals surface area contributed by atoms with Crippen LogP contribution in [-0.4, -0.2) is 28.8 Å². The SMILES string of the molecule is Cc1cnc(Br)cc1-n1c(C)c(N(C)C)c(O)cc1=O. The molecule has 0 aliphatic heterocycles. The number of nitrogens with zero attached hydrogens (tertiary/aromatic N) is 3. The maximum Gasteiger partial charge on any atom is 0.259 e. The molecule has 20 heavy (non-hydrogen) atoms. The minimum absolute atomic E-state index is 0.0143. The quantitative estimate of drug-likeness (QED) is 0.855. The highest BCUT2D eigenvalue weighted by molar-refractivity contribution is 9.10. The highest BCUT2D eigenvalue weighted by Gasteiger charge is 2.16. The molecule has 2 heterocycles. The molecule has 5 nitrogen and oxygen atoms in total. The predicted octanol–water partition coefficient (Wildman–Crippen LogP) is 2.38. The lowest BCUT2D eigenvalue weighted by Gasteiger charge is -2.21. The van der Waals surface area contributed by atoms with Gasteiger partial charge in [-0.2, -0.15) is 0 Å². The van der Waals surface area contributed by atoms with Crippen molar-refractivity contribution in [2.75, 3.05) is 19.0 Å². The van der Waals surface area contributed by atoms with Crippen molar-refractivity contribution in [3.63, 3.8) is 0 Å². The number of hydrogen-bond acceptors (Lipinski definition) is 4. The molecule has 0 aliphatic rings. The van der Waals surface area contributed by atoms with Crippen molar-refractivity contribution in [1.29, 1.82) is 0 Å². The smallest absolute Gasteiger partial charge is 0.259 e. The van der Waals surface area contributed by atoms with Crippen LogP contribution >= 0.6 is 15.9 Å². The Balaban J connectivity index is 2.84. The number of anilines is 1. The van der Waals surface area contributed by atoms with Crippen molar-refractivity contribution in [1.82, 2.24) is 9.55 Å². The summed E-state index contributed by atoms with van der Waals surface area (Å²) in [6.07, 6.45) is 1.70. The second kappa shape index (κ2) is 5.28. The van der Waals surface area contributed by atoms with Crippen molar-refractivity contribution in [2.45, 2.75) is 13.8 Å². The van der Waals surface area contributed by atoms with E-state index in [1.54, 1.807) is 21.7 Å². The molecule has 2 rings (SSSR count). The Labute approximate surface area is 125 Å². The van der Waals surface area contributed by atoms with Crippen LogP contribution < -0.4 is 10.5 Å². The number of aryl methyl sites for hydroxylation is 1. The van der Waals surface area contributed by atoms with Crippen LogP contribution in [-0.2, 0) is 0 Å². The Kier molecular flexibility index (Phi) is 3.85. The fraction of sp³-hybridized carbons (Fsp3) is 0.286. The standard InChI is InChI=1S/C14H16BrN3O2/c1-8-7-16-12(15)5-10(8)18-9(2)14(17(3)4)11(19)6-13(18)20/h5-7,19H,1-4H3. The summed E-state index contributed by atoms with van der Waals surface area (Å²) >= 11 is 3.32. The second-order valence-corrected chi connectivity index (χ2v) is 5.64. The van der Waals surface area contributed by atoms with Gasteiger partial charge in [-0.1, -0.05) is 0 Å². The van der Waals surface area contributed by atoms with Crippen molar-refractivity contribution in [2.24, 2.45) is 0 Å². The number of aromatic nitrogens is 2. The van der Waals surface area contributed by atoms with Gasteiger partial charge in [-0.15, -0.1) is 0 Å². The van der Waals surface area contributed by atoms with Crippen molar-refractivity contribution < 1.29 is 5.11 Å². The Hall–Kier alpha value is -1.82. The summed E-state index contributed by atoms with van der Waals surface area (Å²) in [6, 6.07) is 3.02. The molecule has 0 aromatic carbocycles. The molecule has 106 valence electrons. The summed E-state index contributed by atoms with van der Waals surface area (Å²) in [5.74, 6) is -0.0143. The zero-order chi connectivity index (χ0) is 15.0. The summed E-state index contributed by atoms with van der Waals surface area (Å²) in [5, 5.41) is 9.96. The van der Waals surface area contributed by atoms with Gasteiger partial charge in [-0.3, -0.25) is 9.36 Å². The monoisotopic (exact) mass is 337 g/mol. The van der Waals surface area contributed by atoms with Gasteiger partial charge in [0.25, 0.3) is 5.56 Å². The molecule has 0 atom stereocenters. The van der Waals surface area contributed by atoms with E-state index >= 15 is 0 Å². The Morgan fingerprint density at radius 3 is 2.55 bits per heavy atom. The maximum absolute atomic E-state index is 12.2. The van der Waals surface area contributed by atoms with Crippen LogP contribution in [0.2, 0.25) is 0 Å². The van der Waals surface area contributed by atoms with Gasteiger partial charge in [0.2, 0.25) is 0 Å². The summed E-state index contributed by atoms with van der Waals surface area (Å²) in [7, 11) is 3.65. The summed E-state index contributed by atoms with van der Waals surface area (Å²) in [5.41, 5.74) is 2.66. The highest BCUT2D eigenvalue weighted by atomic mass is 79.9. The summed E-state index contributed by atoms with van der Waals surface area (Å²) in [4.78, 5) is 18.2. The third-order valence-corrected chi connectivity index (χ3v) is 3.56. The van der Waals surface area contributed by atoms with Crippen LogP contribution in [0.5, 0.6) is 5.75 Å². The first kappa shape index (κ1) is 14.6. The van der Waals surface area contributed by atoms with Gasteiger partial charge in [0.05, 0.1) is 17.1 Å². The first-order valence-electron chi connectivity index (χ1n) is 6.08. The second-order valence-electron chi connectivity index (χ2n) is 4.83. The third kappa shape index (κ3) is 2.43. The Bertz CT molecular complexity index is 723. The van der Waals surface area contributed by atoms with Gasteiger partial charge in [-0.05, 0) is 41.4 Å². The van der Waals surface area contributed by atoms with Gasteiger partial charge >= 0.3 is 0 Å². The largest absolute Gasteiger partial charge is 0.505 e. The fourth-order valence-corrected chi connectivity index (χ4v) is 2.61. The van der Waals surface area contributed by atoms with Crippen LogP contribution in [0.4, 0.5) is 5.69 Å². The van der Waals surface area contributed by atoms with E-state index in [-0.39, 0.29) is 11.3 Å². The molecule has 2 aromatic rings. The lowest BCUT2D eigenvalue weighted by atomic mass is 10.2. The van der Waals surface area contributed by atoms with E-state index in [0.29, 0.717) is 16.0 Å². The molecule has 0 radical (unpaired) electrons. The zero-order valence-corrected chi connectivity index (χ0v) is 13.4. The minimum atomic E-state index is -0.271. The molecular weight excluding hydrogens is 322 g/mol. The average molecular weight is 338 g/mol. The Morgan fingerprint density at radius 1 is 1.30 bits per heavy atom. The molecule has 0 fully saturated rings. The third-order valence-electron chi connectivity index (χ3n) is 3.13. The summed E-state index contributed by atoms with van der Waals surface area (Å²) < 4.78 is 2.24. The van der Waals surface area contributed by atoms with E-state index in [4.69, 9.17) is 0 Å². The molecule has 6 heteroatoms. The van der Waals surface area contributed by atoms with E-state index in [2.05, 4.69) is 20.9 Å². The predicted molar refractivity (Wildman–Crippen MR) is 83.0 cm³/mol. The van der Waals surface area contributed by atoms with E-state index in [9.17, 15) is 9.90 Å².